The van der Waals surface area contributed by atoms with Crippen molar-refractivity contribution in [2.24, 2.45) is 0 Å². The van der Waals surface area contributed by atoms with Crippen molar-refractivity contribution >= 4 is 60.8 Å². The van der Waals surface area contributed by atoms with Crippen LogP contribution in [0.4, 0.5) is 17.1 Å². The first-order valence-corrected chi connectivity index (χ1v) is 13.2. The molecule has 0 spiro atoms. The van der Waals surface area contributed by atoms with Crippen LogP contribution in [0.3, 0.4) is 0 Å². The highest BCUT2D eigenvalue weighted by Gasteiger charge is 2.21. The average molecular weight is 501 g/mol. The Hall–Kier alpha value is -5.28. The third kappa shape index (κ3) is 3.37. The minimum absolute atomic E-state index is 0.872. The second-order valence-electron chi connectivity index (χ2n) is 9.84. The highest BCUT2D eigenvalue weighted by Crippen LogP contribution is 2.44. The molecule has 3 nitrogen and oxygen atoms in total. The molecule has 0 fully saturated rings. The van der Waals surface area contributed by atoms with Crippen LogP contribution >= 0.6 is 0 Å². The molecule has 0 bridgehead atoms. The number of hydrogen-bond acceptors (Lipinski definition) is 2. The normalized spacial score (nSPS) is 11.6. The van der Waals surface area contributed by atoms with Gasteiger partial charge in [-0.1, -0.05) is 103 Å². The molecular weight excluding hydrogens is 476 g/mol. The largest absolute Gasteiger partial charge is 0.453 e. The molecule has 0 radical (unpaired) electrons. The molecule has 6 aromatic carbocycles. The Morgan fingerprint density at radius 3 is 1.74 bits per heavy atom. The number of aromatic amines is 1. The van der Waals surface area contributed by atoms with E-state index in [0.717, 1.165) is 61.2 Å². The summed E-state index contributed by atoms with van der Waals surface area (Å²) >= 11 is 0. The highest BCUT2D eigenvalue weighted by molar-refractivity contribution is 6.17. The van der Waals surface area contributed by atoms with E-state index >= 15 is 0 Å². The van der Waals surface area contributed by atoms with Crippen molar-refractivity contribution in [1.82, 2.24) is 4.98 Å². The Labute approximate surface area is 225 Å². The van der Waals surface area contributed by atoms with Crippen molar-refractivity contribution in [2.75, 3.05) is 4.90 Å². The fourth-order valence-corrected chi connectivity index (χ4v) is 5.87. The lowest BCUT2D eigenvalue weighted by Crippen LogP contribution is -2.09. The minimum atomic E-state index is 0.872. The Kier molecular flexibility index (Phi) is 4.82. The number of fused-ring (bicyclic) bond motifs is 6. The number of furan rings is 1. The molecule has 0 atom stereocenters. The second-order valence-corrected chi connectivity index (χ2v) is 9.84. The van der Waals surface area contributed by atoms with Crippen molar-refractivity contribution in [3.05, 3.63) is 140 Å². The number of hydrogen-bond donors (Lipinski definition) is 1. The van der Waals surface area contributed by atoms with E-state index in [9.17, 15) is 0 Å². The van der Waals surface area contributed by atoms with Crippen LogP contribution in [-0.2, 0) is 0 Å². The van der Waals surface area contributed by atoms with Gasteiger partial charge >= 0.3 is 0 Å². The van der Waals surface area contributed by atoms with E-state index in [-0.39, 0.29) is 0 Å². The van der Waals surface area contributed by atoms with Crippen LogP contribution in [-0.4, -0.2) is 4.98 Å². The number of benzene rings is 6. The number of anilines is 3. The molecule has 39 heavy (non-hydrogen) atoms. The van der Waals surface area contributed by atoms with E-state index in [1.54, 1.807) is 0 Å². The molecule has 0 saturated heterocycles. The van der Waals surface area contributed by atoms with Crippen molar-refractivity contribution in [3.8, 4) is 11.1 Å². The van der Waals surface area contributed by atoms with Crippen LogP contribution in [0.5, 0.6) is 0 Å². The molecular formula is C36H24N2O. The predicted molar refractivity (Wildman–Crippen MR) is 163 cm³/mol. The van der Waals surface area contributed by atoms with Gasteiger partial charge in [-0.25, -0.2) is 0 Å². The zero-order chi connectivity index (χ0) is 25.8. The van der Waals surface area contributed by atoms with E-state index in [1.807, 2.05) is 12.1 Å². The Bertz CT molecular complexity index is 2080. The summed E-state index contributed by atoms with van der Waals surface area (Å²) in [6, 6.07) is 48.8. The third-order valence-electron chi connectivity index (χ3n) is 7.60. The number of para-hydroxylation sites is 6. The van der Waals surface area contributed by atoms with Crippen LogP contribution in [0, 0.1) is 0 Å². The number of H-pyrrole nitrogens is 1. The molecule has 8 rings (SSSR count). The fourth-order valence-electron chi connectivity index (χ4n) is 5.87. The number of aromatic nitrogens is 1. The molecule has 0 aliphatic carbocycles. The van der Waals surface area contributed by atoms with Crippen LogP contribution in [0.1, 0.15) is 0 Å². The summed E-state index contributed by atoms with van der Waals surface area (Å²) in [6.07, 6.45) is 0. The standard InChI is InChI=1S/C36H24N2O/c1-3-12-24(13-4-1)38(25-14-5-2-6-15-25)33-23-11-21-31-30-20-10-19-29(35(30)39-36(31)33)28-18-9-17-27-26-16-7-8-22-32(26)37-34(27)28/h1-23,37H. The molecule has 3 heteroatoms. The van der Waals surface area contributed by atoms with Gasteiger partial charge in [0.2, 0.25) is 0 Å². The van der Waals surface area contributed by atoms with E-state index in [2.05, 4.69) is 137 Å². The van der Waals surface area contributed by atoms with Crippen molar-refractivity contribution < 1.29 is 4.42 Å². The van der Waals surface area contributed by atoms with Gasteiger partial charge in [-0.15, -0.1) is 0 Å². The molecule has 0 aliphatic rings. The zero-order valence-electron chi connectivity index (χ0n) is 21.1. The summed E-state index contributed by atoms with van der Waals surface area (Å²) < 4.78 is 6.86. The Balaban J connectivity index is 1.40. The summed E-state index contributed by atoms with van der Waals surface area (Å²) in [5.74, 6) is 0. The summed E-state index contributed by atoms with van der Waals surface area (Å²) in [5, 5.41) is 4.66. The molecule has 2 aromatic heterocycles. The quantitative estimate of drug-likeness (QED) is 0.261. The molecule has 0 unspecified atom stereocenters. The highest BCUT2D eigenvalue weighted by atomic mass is 16.3. The topological polar surface area (TPSA) is 32.2 Å². The molecule has 1 N–H and O–H groups in total. The van der Waals surface area contributed by atoms with Gasteiger partial charge in [0, 0.05) is 49.6 Å². The first-order chi connectivity index (χ1) is 19.4. The van der Waals surface area contributed by atoms with E-state index in [4.69, 9.17) is 4.42 Å². The van der Waals surface area contributed by atoms with Gasteiger partial charge in [0.25, 0.3) is 0 Å². The Morgan fingerprint density at radius 1 is 0.436 bits per heavy atom. The smallest absolute Gasteiger partial charge is 0.159 e. The van der Waals surface area contributed by atoms with Gasteiger partial charge in [0.15, 0.2) is 5.58 Å². The van der Waals surface area contributed by atoms with Crippen molar-refractivity contribution in [1.29, 1.82) is 0 Å². The molecule has 8 aromatic rings. The number of rotatable bonds is 4. The molecule has 2 heterocycles. The maximum Gasteiger partial charge on any atom is 0.159 e. The fraction of sp³-hybridized carbons (Fsp3) is 0. The molecule has 184 valence electrons. The first kappa shape index (κ1) is 21.8. The zero-order valence-corrected chi connectivity index (χ0v) is 21.1. The van der Waals surface area contributed by atoms with E-state index in [1.165, 1.54) is 10.8 Å². The van der Waals surface area contributed by atoms with E-state index < -0.39 is 0 Å². The van der Waals surface area contributed by atoms with Crippen molar-refractivity contribution in [3.63, 3.8) is 0 Å². The van der Waals surface area contributed by atoms with Crippen LogP contribution in [0.15, 0.2) is 144 Å². The summed E-state index contributed by atoms with van der Waals surface area (Å²) in [5.41, 5.74) is 9.43. The molecule has 0 saturated carbocycles. The van der Waals surface area contributed by atoms with Crippen LogP contribution in [0.25, 0.3) is 54.9 Å². The van der Waals surface area contributed by atoms with Gasteiger partial charge in [-0.05, 0) is 36.4 Å². The summed E-state index contributed by atoms with van der Waals surface area (Å²) in [4.78, 5) is 5.93. The molecule has 0 aliphatic heterocycles. The number of nitrogens with one attached hydrogen (secondary N) is 1. The summed E-state index contributed by atoms with van der Waals surface area (Å²) in [6.45, 7) is 0. The first-order valence-electron chi connectivity index (χ1n) is 13.2. The second kappa shape index (κ2) is 8.64. The monoisotopic (exact) mass is 500 g/mol. The lowest BCUT2D eigenvalue weighted by molar-refractivity contribution is 0.670. The van der Waals surface area contributed by atoms with Gasteiger partial charge in [-0.3, -0.25) is 0 Å². The van der Waals surface area contributed by atoms with Gasteiger partial charge in [-0.2, -0.15) is 0 Å². The number of nitrogens with zero attached hydrogens (tertiary/aromatic N) is 1. The average Bonchev–Trinajstić information content (AvgIpc) is 3.58. The lowest BCUT2D eigenvalue weighted by atomic mass is 9.99. The Morgan fingerprint density at radius 2 is 1.00 bits per heavy atom. The summed E-state index contributed by atoms with van der Waals surface area (Å²) in [7, 11) is 0. The van der Waals surface area contributed by atoms with Crippen LogP contribution in [0.2, 0.25) is 0 Å². The maximum absolute atomic E-state index is 6.86. The molecule has 0 amide bonds. The third-order valence-corrected chi connectivity index (χ3v) is 7.60. The van der Waals surface area contributed by atoms with Gasteiger partial charge < -0.3 is 14.3 Å². The predicted octanol–water partition coefficient (Wildman–Crippen LogP) is 10.4. The lowest BCUT2D eigenvalue weighted by Gasteiger charge is -2.25. The van der Waals surface area contributed by atoms with E-state index in [0.29, 0.717) is 0 Å². The van der Waals surface area contributed by atoms with Gasteiger partial charge in [0.05, 0.1) is 11.2 Å². The van der Waals surface area contributed by atoms with Crippen LogP contribution < -0.4 is 4.90 Å². The van der Waals surface area contributed by atoms with Gasteiger partial charge in [0.1, 0.15) is 5.58 Å². The SMILES string of the molecule is c1ccc(N(c2ccccc2)c2cccc3c2oc2c(-c4cccc5c4[nH]c4ccccc45)cccc23)cc1. The minimum Gasteiger partial charge on any atom is -0.453 e. The maximum atomic E-state index is 6.86. The van der Waals surface area contributed by atoms with Crippen molar-refractivity contribution in [2.45, 2.75) is 0 Å².